The molecule has 0 saturated carbocycles. The second kappa shape index (κ2) is 6.58. The first-order chi connectivity index (χ1) is 8.74. The zero-order chi connectivity index (χ0) is 16.2. The van der Waals surface area contributed by atoms with Crippen LogP contribution in [0.3, 0.4) is 0 Å². The predicted molar refractivity (Wildman–Crippen MR) is 80.7 cm³/mol. The first-order valence-electron chi connectivity index (χ1n) is 6.68. The zero-order valence-corrected chi connectivity index (χ0v) is 14.8. The predicted octanol–water partition coefficient (Wildman–Crippen LogP) is 2.56. The van der Waals surface area contributed by atoms with Gasteiger partial charge in [0.05, 0.1) is 0 Å². The molecular weight excluding hydrogens is 276 g/mol. The number of hydrogen-bond acceptors (Lipinski definition) is 4. The minimum absolute atomic E-state index is 0.00112. The van der Waals surface area contributed by atoms with E-state index in [0.717, 1.165) is 0 Å². The lowest BCUT2D eigenvalue weighted by molar-refractivity contribution is -0.127. The summed E-state index contributed by atoms with van der Waals surface area (Å²) in [6.07, 6.45) is -0.625. The maximum Gasteiger partial charge on any atom is 0.408 e. The van der Waals surface area contributed by atoms with Gasteiger partial charge in [-0.25, -0.2) is 10.3 Å². The number of rotatable bonds is 4. The summed E-state index contributed by atoms with van der Waals surface area (Å²) in [5, 5.41) is 2.38. The first-order valence-corrected chi connectivity index (χ1v) is 9.59. The maximum absolute atomic E-state index is 11.6. The van der Waals surface area contributed by atoms with Crippen LogP contribution in [-0.2, 0) is 14.1 Å². The summed E-state index contributed by atoms with van der Waals surface area (Å²) in [5.74, 6) is -0.402. The van der Waals surface area contributed by atoms with Crippen LogP contribution in [0.2, 0.25) is 18.1 Å². The summed E-state index contributed by atoms with van der Waals surface area (Å²) in [7, 11) is -2.04. The molecule has 118 valence electrons. The highest BCUT2D eigenvalue weighted by atomic mass is 28.4. The highest BCUT2D eigenvalue weighted by Gasteiger charge is 2.38. The van der Waals surface area contributed by atoms with Crippen molar-refractivity contribution in [1.29, 1.82) is 0 Å². The monoisotopic (exact) mass is 304 g/mol. The SMILES string of the molecule is CC(C)(C)OC(=O)NCC(=O)NO[Si](C)(C)C(C)(C)C. The molecule has 0 spiro atoms. The standard InChI is InChI=1S/C13H28N2O4Si/c1-12(2,3)18-11(17)14-9-10(16)15-19-20(7,8)13(4,5)6/h9H2,1-8H3,(H,14,17)(H,15,16). The highest BCUT2D eigenvalue weighted by molar-refractivity contribution is 6.74. The van der Waals surface area contributed by atoms with Crippen molar-refractivity contribution >= 4 is 20.3 Å². The molecule has 0 unspecified atom stereocenters. The van der Waals surface area contributed by atoms with Crippen LogP contribution in [0.5, 0.6) is 0 Å². The molecule has 0 aliphatic carbocycles. The number of ether oxygens (including phenoxy) is 1. The number of hydrogen-bond donors (Lipinski definition) is 2. The van der Waals surface area contributed by atoms with Gasteiger partial charge in [-0.15, -0.1) is 0 Å². The molecule has 0 aliphatic rings. The number of nitrogens with one attached hydrogen (secondary N) is 2. The molecule has 0 aromatic heterocycles. The summed E-state index contributed by atoms with van der Waals surface area (Å²) in [6.45, 7) is 15.4. The van der Waals surface area contributed by atoms with Crippen LogP contribution in [0.4, 0.5) is 4.79 Å². The summed E-state index contributed by atoms with van der Waals surface area (Å²) < 4.78 is 10.6. The molecule has 2 amide bonds. The molecule has 0 bridgehead atoms. The van der Waals surface area contributed by atoms with Crippen LogP contribution in [0.1, 0.15) is 41.5 Å². The molecule has 0 fully saturated rings. The van der Waals surface area contributed by atoms with E-state index in [2.05, 4.69) is 31.6 Å². The lowest BCUT2D eigenvalue weighted by Gasteiger charge is -2.35. The normalized spacial score (nSPS) is 12.8. The van der Waals surface area contributed by atoms with Crippen molar-refractivity contribution in [3.05, 3.63) is 0 Å². The Morgan fingerprint density at radius 2 is 1.55 bits per heavy atom. The Hall–Kier alpha value is -1.08. The van der Waals surface area contributed by atoms with Crippen LogP contribution in [0.15, 0.2) is 0 Å². The van der Waals surface area contributed by atoms with Gasteiger partial charge in [-0.1, -0.05) is 20.8 Å². The molecule has 0 aromatic rings. The van der Waals surface area contributed by atoms with Gasteiger partial charge in [0.25, 0.3) is 5.91 Å². The third kappa shape index (κ3) is 7.49. The van der Waals surface area contributed by atoms with Gasteiger partial charge in [0, 0.05) is 0 Å². The molecule has 0 radical (unpaired) electrons. The van der Waals surface area contributed by atoms with Gasteiger partial charge in [-0.3, -0.25) is 4.79 Å². The van der Waals surface area contributed by atoms with E-state index in [4.69, 9.17) is 9.26 Å². The largest absolute Gasteiger partial charge is 0.444 e. The summed E-state index contributed by atoms with van der Waals surface area (Å²) in [6, 6.07) is 0. The Kier molecular flexibility index (Phi) is 6.22. The van der Waals surface area contributed by atoms with Gasteiger partial charge in [-0.05, 0) is 38.9 Å². The van der Waals surface area contributed by atoms with Gasteiger partial charge in [-0.2, -0.15) is 0 Å². The van der Waals surface area contributed by atoms with E-state index in [-0.39, 0.29) is 11.6 Å². The van der Waals surface area contributed by atoms with Crippen LogP contribution in [0, 0.1) is 0 Å². The lowest BCUT2D eigenvalue weighted by atomic mass is 10.2. The Morgan fingerprint density at radius 3 is 1.95 bits per heavy atom. The fourth-order valence-corrected chi connectivity index (χ4v) is 1.52. The Labute approximate surface area is 122 Å². The van der Waals surface area contributed by atoms with Crippen LogP contribution < -0.4 is 10.8 Å². The molecule has 7 heteroatoms. The van der Waals surface area contributed by atoms with Crippen molar-refractivity contribution in [1.82, 2.24) is 10.8 Å². The van der Waals surface area contributed by atoms with Crippen LogP contribution in [-0.4, -0.2) is 32.5 Å². The van der Waals surface area contributed by atoms with Crippen molar-refractivity contribution in [3.63, 3.8) is 0 Å². The molecule has 6 nitrogen and oxygen atoms in total. The fraction of sp³-hybridized carbons (Fsp3) is 0.846. The summed E-state index contributed by atoms with van der Waals surface area (Å²) in [5.41, 5.74) is 1.82. The third-order valence-corrected chi connectivity index (χ3v) is 7.24. The number of carbonyl (C=O) groups is 2. The van der Waals surface area contributed by atoms with E-state index in [0.29, 0.717) is 0 Å². The number of alkyl carbamates (subject to hydrolysis) is 1. The van der Waals surface area contributed by atoms with E-state index in [1.165, 1.54) is 0 Å². The Bertz CT molecular complexity index is 356. The average molecular weight is 304 g/mol. The summed E-state index contributed by atoms with van der Waals surface area (Å²) in [4.78, 5) is 23.0. The highest BCUT2D eigenvalue weighted by Crippen LogP contribution is 2.35. The van der Waals surface area contributed by atoms with Gasteiger partial charge in [0.2, 0.25) is 8.32 Å². The Morgan fingerprint density at radius 1 is 1.05 bits per heavy atom. The van der Waals surface area contributed by atoms with E-state index >= 15 is 0 Å². The van der Waals surface area contributed by atoms with E-state index < -0.39 is 25.9 Å². The molecule has 0 rings (SSSR count). The topological polar surface area (TPSA) is 76.7 Å². The second-order valence-corrected chi connectivity index (χ2v) is 12.0. The van der Waals surface area contributed by atoms with Crippen LogP contribution in [0.25, 0.3) is 0 Å². The third-order valence-electron chi connectivity index (χ3n) is 3.02. The molecule has 2 N–H and O–H groups in total. The van der Waals surface area contributed by atoms with Gasteiger partial charge < -0.3 is 14.6 Å². The average Bonchev–Trinajstić information content (AvgIpc) is 2.19. The van der Waals surface area contributed by atoms with Crippen molar-refractivity contribution in [2.45, 2.75) is 65.3 Å². The molecule has 0 aromatic carbocycles. The van der Waals surface area contributed by atoms with Crippen molar-refractivity contribution in [2.24, 2.45) is 0 Å². The molecule has 0 saturated heterocycles. The fourth-order valence-electron chi connectivity index (χ4n) is 0.840. The maximum atomic E-state index is 11.6. The van der Waals surface area contributed by atoms with Gasteiger partial charge >= 0.3 is 6.09 Å². The van der Waals surface area contributed by atoms with Crippen molar-refractivity contribution in [3.8, 4) is 0 Å². The zero-order valence-electron chi connectivity index (χ0n) is 13.8. The number of amides is 2. The van der Waals surface area contributed by atoms with Crippen molar-refractivity contribution in [2.75, 3.05) is 6.54 Å². The minimum atomic E-state index is -2.04. The molecular formula is C13H28N2O4Si. The Balaban J connectivity index is 4.12. The molecule has 0 atom stereocenters. The smallest absolute Gasteiger partial charge is 0.408 e. The van der Waals surface area contributed by atoms with Gasteiger partial charge in [0.15, 0.2) is 0 Å². The summed E-state index contributed by atoms with van der Waals surface area (Å²) >= 11 is 0. The molecule has 0 heterocycles. The van der Waals surface area contributed by atoms with Crippen molar-refractivity contribution < 1.29 is 18.9 Å². The second-order valence-electron chi connectivity index (χ2n) is 7.24. The molecule has 0 aliphatic heterocycles. The number of hydroxylamine groups is 1. The van der Waals surface area contributed by atoms with Crippen LogP contribution >= 0.6 is 0 Å². The number of carbonyl (C=O) groups excluding carboxylic acids is 2. The molecule has 20 heavy (non-hydrogen) atoms. The quantitative estimate of drug-likeness (QED) is 0.618. The first kappa shape index (κ1) is 18.9. The van der Waals surface area contributed by atoms with Gasteiger partial charge in [0.1, 0.15) is 12.1 Å². The lowest BCUT2D eigenvalue weighted by Crippen LogP contribution is -2.48. The minimum Gasteiger partial charge on any atom is -0.444 e. The van der Waals surface area contributed by atoms with E-state index in [1.54, 1.807) is 20.8 Å². The van der Waals surface area contributed by atoms with E-state index in [9.17, 15) is 9.59 Å². The van der Waals surface area contributed by atoms with E-state index in [1.807, 2.05) is 13.1 Å².